The van der Waals surface area contributed by atoms with Crippen molar-refractivity contribution in [3.8, 4) is 5.75 Å². The molecule has 4 rings (SSSR count). The molecular formula is C28H35FN2O4. The van der Waals surface area contributed by atoms with Crippen molar-refractivity contribution in [3.05, 3.63) is 65.5 Å². The lowest BCUT2D eigenvalue weighted by molar-refractivity contribution is -0.133. The number of methoxy groups -OCH3 is 1. The van der Waals surface area contributed by atoms with Crippen LogP contribution in [0, 0.1) is 11.2 Å². The van der Waals surface area contributed by atoms with E-state index < -0.39 is 17.8 Å². The molecule has 188 valence electrons. The SMILES string of the molecule is COc1ccc([C@@H]2CC2(C)CCCOC[C@H](NC(=O)c2ccc(F)cc2)C(=O)N2CCCC2)cc1. The largest absolute Gasteiger partial charge is 0.497 e. The summed E-state index contributed by atoms with van der Waals surface area (Å²) in [6, 6.07) is 12.9. The van der Waals surface area contributed by atoms with Crippen LogP contribution in [0.15, 0.2) is 48.5 Å². The summed E-state index contributed by atoms with van der Waals surface area (Å²) in [6.07, 6.45) is 5.03. The quantitative estimate of drug-likeness (QED) is 0.478. The van der Waals surface area contributed by atoms with Gasteiger partial charge in [-0.3, -0.25) is 9.59 Å². The number of benzene rings is 2. The third-order valence-corrected chi connectivity index (χ3v) is 7.32. The molecule has 0 aromatic heterocycles. The van der Waals surface area contributed by atoms with Gasteiger partial charge in [-0.2, -0.15) is 0 Å². The fourth-order valence-corrected chi connectivity index (χ4v) is 4.99. The van der Waals surface area contributed by atoms with E-state index in [0.29, 0.717) is 31.2 Å². The second kappa shape index (κ2) is 11.2. The number of carbonyl (C=O) groups is 2. The maximum atomic E-state index is 13.2. The van der Waals surface area contributed by atoms with Gasteiger partial charge in [-0.25, -0.2) is 4.39 Å². The first-order valence-electron chi connectivity index (χ1n) is 12.5. The van der Waals surface area contributed by atoms with Crippen LogP contribution in [-0.4, -0.2) is 56.2 Å². The molecular weight excluding hydrogens is 447 g/mol. The summed E-state index contributed by atoms with van der Waals surface area (Å²) in [5.74, 6) is 0.487. The molecule has 2 amide bonds. The molecule has 6 nitrogen and oxygen atoms in total. The lowest BCUT2D eigenvalue weighted by atomic mass is 9.96. The second-order valence-corrected chi connectivity index (χ2v) is 9.93. The highest BCUT2D eigenvalue weighted by atomic mass is 19.1. The van der Waals surface area contributed by atoms with Crippen molar-refractivity contribution in [3.63, 3.8) is 0 Å². The van der Waals surface area contributed by atoms with Crippen LogP contribution in [0.4, 0.5) is 4.39 Å². The van der Waals surface area contributed by atoms with E-state index >= 15 is 0 Å². The van der Waals surface area contributed by atoms with Crippen molar-refractivity contribution in [2.24, 2.45) is 5.41 Å². The summed E-state index contributed by atoms with van der Waals surface area (Å²) in [6.45, 7) is 4.37. The third kappa shape index (κ3) is 6.40. The monoisotopic (exact) mass is 482 g/mol. The standard InChI is InChI=1S/C28H35FN2O4/c1-28(18-24(28)20-8-12-23(34-2)13-9-20)14-5-17-35-19-25(27(33)31-15-3-4-16-31)30-26(32)21-6-10-22(29)11-7-21/h6-13,24-25H,3-5,14-19H2,1-2H3,(H,30,32)/t24-,25-,28?/m0/s1. The molecule has 0 spiro atoms. The molecule has 7 heteroatoms. The molecule has 1 unspecified atom stereocenters. The zero-order chi connectivity index (χ0) is 24.8. The number of nitrogens with zero attached hydrogens (tertiary/aromatic N) is 1. The van der Waals surface area contributed by atoms with E-state index in [0.717, 1.165) is 37.9 Å². The maximum absolute atomic E-state index is 13.2. The van der Waals surface area contributed by atoms with E-state index in [1.165, 1.54) is 29.8 Å². The van der Waals surface area contributed by atoms with Crippen LogP contribution in [0.2, 0.25) is 0 Å². The maximum Gasteiger partial charge on any atom is 0.251 e. The highest BCUT2D eigenvalue weighted by Crippen LogP contribution is 2.61. The molecule has 1 aliphatic heterocycles. The first kappa shape index (κ1) is 25.2. The molecule has 0 bridgehead atoms. The van der Waals surface area contributed by atoms with E-state index in [1.54, 1.807) is 12.0 Å². The smallest absolute Gasteiger partial charge is 0.251 e. The number of rotatable bonds is 11. The molecule has 2 aromatic carbocycles. The van der Waals surface area contributed by atoms with Gasteiger partial charge in [0, 0.05) is 25.3 Å². The summed E-state index contributed by atoms with van der Waals surface area (Å²) >= 11 is 0. The van der Waals surface area contributed by atoms with E-state index in [9.17, 15) is 14.0 Å². The Morgan fingerprint density at radius 1 is 1.11 bits per heavy atom. The number of amides is 2. The van der Waals surface area contributed by atoms with Gasteiger partial charge in [-0.05, 0) is 85.4 Å². The lowest BCUT2D eigenvalue weighted by Crippen LogP contribution is -2.50. The first-order valence-corrected chi connectivity index (χ1v) is 12.5. The van der Waals surface area contributed by atoms with Crippen LogP contribution < -0.4 is 10.1 Å². The van der Waals surface area contributed by atoms with Crippen molar-refractivity contribution in [2.45, 2.75) is 51.0 Å². The molecule has 2 aromatic rings. The molecule has 35 heavy (non-hydrogen) atoms. The van der Waals surface area contributed by atoms with Gasteiger partial charge >= 0.3 is 0 Å². The Kier molecular flexibility index (Phi) is 8.06. The van der Waals surface area contributed by atoms with Gasteiger partial charge in [0.25, 0.3) is 5.91 Å². The van der Waals surface area contributed by atoms with Gasteiger partial charge in [0.2, 0.25) is 5.91 Å². The molecule has 1 heterocycles. The van der Waals surface area contributed by atoms with Crippen LogP contribution in [0.25, 0.3) is 0 Å². The molecule has 1 saturated heterocycles. The van der Waals surface area contributed by atoms with Crippen LogP contribution in [-0.2, 0) is 9.53 Å². The number of hydrogen-bond acceptors (Lipinski definition) is 4. The predicted molar refractivity (Wildman–Crippen MR) is 132 cm³/mol. The highest BCUT2D eigenvalue weighted by molar-refractivity contribution is 5.97. The Labute approximate surface area is 206 Å². The van der Waals surface area contributed by atoms with Gasteiger partial charge in [-0.15, -0.1) is 0 Å². The summed E-state index contributed by atoms with van der Waals surface area (Å²) < 4.78 is 24.3. The molecule has 1 N–H and O–H groups in total. The van der Waals surface area contributed by atoms with Crippen molar-refractivity contribution in [1.29, 1.82) is 0 Å². The highest BCUT2D eigenvalue weighted by Gasteiger charge is 2.49. The number of hydrogen-bond donors (Lipinski definition) is 1. The molecule has 3 atom stereocenters. The van der Waals surface area contributed by atoms with E-state index in [4.69, 9.17) is 9.47 Å². The normalized spacial score (nSPS) is 22.0. The Morgan fingerprint density at radius 3 is 2.46 bits per heavy atom. The Hall–Kier alpha value is -2.93. The van der Waals surface area contributed by atoms with E-state index in [2.05, 4.69) is 24.4 Å². The Bertz CT molecular complexity index is 1000. The fourth-order valence-electron chi connectivity index (χ4n) is 4.99. The average molecular weight is 483 g/mol. The van der Waals surface area contributed by atoms with Gasteiger partial charge in [0.1, 0.15) is 17.6 Å². The van der Waals surface area contributed by atoms with E-state index in [1.807, 2.05) is 12.1 Å². The van der Waals surface area contributed by atoms with Crippen molar-refractivity contribution in [1.82, 2.24) is 10.2 Å². The number of likely N-dealkylation sites (tertiary alicyclic amines) is 1. The van der Waals surface area contributed by atoms with E-state index in [-0.39, 0.29) is 17.9 Å². The number of nitrogens with one attached hydrogen (secondary N) is 1. The van der Waals surface area contributed by atoms with Gasteiger partial charge in [-0.1, -0.05) is 19.1 Å². The first-order chi connectivity index (χ1) is 16.9. The van der Waals surface area contributed by atoms with Gasteiger partial charge < -0.3 is 19.7 Å². The molecule has 1 aliphatic carbocycles. The fraction of sp³-hybridized carbons (Fsp3) is 0.500. The minimum absolute atomic E-state index is 0.119. The zero-order valence-corrected chi connectivity index (χ0v) is 20.6. The van der Waals surface area contributed by atoms with Gasteiger partial charge in [0.05, 0.1) is 13.7 Å². The van der Waals surface area contributed by atoms with Crippen LogP contribution >= 0.6 is 0 Å². The summed E-state index contributed by atoms with van der Waals surface area (Å²) in [7, 11) is 1.67. The minimum atomic E-state index is -0.755. The summed E-state index contributed by atoms with van der Waals surface area (Å²) in [5.41, 5.74) is 1.92. The topological polar surface area (TPSA) is 67.9 Å². The second-order valence-electron chi connectivity index (χ2n) is 9.93. The number of ether oxygens (including phenoxy) is 2. The predicted octanol–water partition coefficient (Wildman–Crippen LogP) is 4.55. The van der Waals surface area contributed by atoms with Crippen molar-refractivity contribution in [2.75, 3.05) is 33.4 Å². The lowest BCUT2D eigenvalue weighted by Gasteiger charge is -2.24. The summed E-state index contributed by atoms with van der Waals surface area (Å²) in [5, 5.41) is 2.80. The van der Waals surface area contributed by atoms with Gasteiger partial charge in [0.15, 0.2) is 0 Å². The third-order valence-electron chi connectivity index (χ3n) is 7.32. The minimum Gasteiger partial charge on any atom is -0.497 e. The molecule has 2 aliphatic rings. The van der Waals surface area contributed by atoms with Crippen molar-refractivity contribution >= 4 is 11.8 Å². The van der Waals surface area contributed by atoms with Crippen LogP contribution in [0.3, 0.4) is 0 Å². The number of carbonyl (C=O) groups excluding carboxylic acids is 2. The zero-order valence-electron chi connectivity index (χ0n) is 20.6. The Morgan fingerprint density at radius 2 is 1.80 bits per heavy atom. The van der Waals surface area contributed by atoms with Crippen molar-refractivity contribution < 1.29 is 23.5 Å². The average Bonchev–Trinajstić information content (AvgIpc) is 3.26. The number of halogens is 1. The Balaban J connectivity index is 1.26. The van der Waals surface area contributed by atoms with Crippen LogP contribution in [0.5, 0.6) is 5.75 Å². The molecule has 1 saturated carbocycles. The molecule has 2 fully saturated rings. The van der Waals surface area contributed by atoms with Crippen LogP contribution in [0.1, 0.15) is 60.9 Å². The summed E-state index contributed by atoms with van der Waals surface area (Å²) in [4.78, 5) is 27.4. The molecule has 0 radical (unpaired) electrons.